The Morgan fingerprint density at radius 1 is 1.21 bits per heavy atom. The minimum absolute atomic E-state index is 0.103. The van der Waals surface area contributed by atoms with Gasteiger partial charge in [-0.25, -0.2) is 9.50 Å². The molecule has 126 valence electrons. The van der Waals surface area contributed by atoms with Crippen LogP contribution < -0.4 is 5.32 Å². The van der Waals surface area contributed by atoms with Gasteiger partial charge in [0.1, 0.15) is 5.56 Å². The van der Waals surface area contributed by atoms with Crippen LogP contribution in [0.25, 0.3) is 5.65 Å². The third-order valence-electron chi connectivity index (χ3n) is 5.77. The molecule has 1 amide bonds. The smallest absolute Gasteiger partial charge is 0.311 e. The van der Waals surface area contributed by atoms with Crippen molar-refractivity contribution in [3.8, 4) is 0 Å². The number of ether oxygens (including phenoxy) is 1. The molecule has 3 aliphatic carbocycles. The second-order valence-electron chi connectivity index (χ2n) is 6.95. The number of fused-ring (bicyclic) bond motifs is 4. The van der Waals surface area contributed by atoms with Crippen LogP contribution in [0.4, 0.5) is 0 Å². The van der Waals surface area contributed by atoms with E-state index in [1.165, 1.54) is 7.11 Å². The fourth-order valence-corrected chi connectivity index (χ4v) is 4.19. The van der Waals surface area contributed by atoms with Gasteiger partial charge in [-0.1, -0.05) is 0 Å². The van der Waals surface area contributed by atoms with Crippen molar-refractivity contribution in [3.05, 3.63) is 30.2 Å². The molecule has 0 spiro atoms. The summed E-state index contributed by atoms with van der Waals surface area (Å²) in [7, 11) is 1.45. The summed E-state index contributed by atoms with van der Waals surface area (Å²) in [5.41, 5.74) is 0.477. The van der Waals surface area contributed by atoms with Crippen LogP contribution in [0, 0.1) is 5.41 Å². The van der Waals surface area contributed by atoms with Crippen molar-refractivity contribution in [3.63, 3.8) is 0 Å². The quantitative estimate of drug-likeness (QED) is 0.867. The van der Waals surface area contributed by atoms with Crippen molar-refractivity contribution in [2.45, 2.75) is 44.1 Å². The molecule has 0 atom stereocenters. The predicted octanol–water partition coefficient (Wildman–Crippen LogP) is 1.73. The van der Waals surface area contributed by atoms with Crippen LogP contribution in [0.15, 0.2) is 24.7 Å². The number of nitrogens with zero attached hydrogens (tertiary/aromatic N) is 3. The summed E-state index contributed by atoms with van der Waals surface area (Å²) < 4.78 is 6.58. The van der Waals surface area contributed by atoms with Crippen LogP contribution >= 0.6 is 0 Å². The molecule has 5 rings (SSSR count). The Morgan fingerprint density at radius 2 is 1.92 bits per heavy atom. The van der Waals surface area contributed by atoms with Gasteiger partial charge in [0, 0.05) is 17.9 Å². The molecule has 3 aliphatic rings. The molecule has 24 heavy (non-hydrogen) atoms. The van der Waals surface area contributed by atoms with Crippen molar-refractivity contribution in [1.82, 2.24) is 19.9 Å². The summed E-state index contributed by atoms with van der Waals surface area (Å²) in [5.74, 6) is -0.245. The van der Waals surface area contributed by atoms with Crippen LogP contribution in [0.2, 0.25) is 0 Å². The minimum atomic E-state index is -0.340. The molecule has 2 bridgehead atoms. The van der Waals surface area contributed by atoms with Crippen molar-refractivity contribution in [1.29, 1.82) is 0 Å². The van der Waals surface area contributed by atoms with Crippen molar-refractivity contribution in [2.75, 3.05) is 7.11 Å². The van der Waals surface area contributed by atoms with E-state index < -0.39 is 0 Å². The lowest BCUT2D eigenvalue weighted by Crippen LogP contribution is -2.58. The number of carbonyl (C=O) groups is 2. The Labute approximate surface area is 139 Å². The number of aromatic nitrogens is 3. The number of methoxy groups -OCH3 is 1. The summed E-state index contributed by atoms with van der Waals surface area (Å²) in [6.07, 6.45) is 9.70. The topological polar surface area (TPSA) is 85.6 Å². The monoisotopic (exact) mass is 328 g/mol. The molecule has 0 aromatic carbocycles. The zero-order valence-electron chi connectivity index (χ0n) is 13.6. The molecule has 0 saturated heterocycles. The van der Waals surface area contributed by atoms with Crippen molar-refractivity contribution < 1.29 is 14.3 Å². The first-order chi connectivity index (χ1) is 11.6. The molecule has 0 unspecified atom stereocenters. The Hall–Kier alpha value is -2.44. The maximum absolute atomic E-state index is 12.7. The van der Waals surface area contributed by atoms with Gasteiger partial charge in [0.2, 0.25) is 0 Å². The Bertz CT molecular complexity index is 788. The highest BCUT2D eigenvalue weighted by Gasteiger charge is 2.53. The van der Waals surface area contributed by atoms with Crippen molar-refractivity contribution >= 4 is 17.5 Å². The fourth-order valence-electron chi connectivity index (χ4n) is 4.19. The van der Waals surface area contributed by atoms with Crippen LogP contribution in [-0.4, -0.2) is 39.1 Å². The average Bonchev–Trinajstić information content (AvgIpc) is 3.06. The fraction of sp³-hybridized carbons (Fsp3) is 0.529. The molecule has 2 aromatic heterocycles. The van der Waals surface area contributed by atoms with E-state index in [1.54, 1.807) is 29.2 Å². The van der Waals surface area contributed by atoms with Crippen LogP contribution in [0.1, 0.15) is 48.9 Å². The summed E-state index contributed by atoms with van der Waals surface area (Å²) >= 11 is 0. The Balaban J connectivity index is 1.53. The molecule has 2 aromatic rings. The molecule has 0 radical (unpaired) electrons. The number of esters is 1. The molecule has 2 heterocycles. The molecular weight excluding hydrogens is 308 g/mol. The van der Waals surface area contributed by atoms with Gasteiger partial charge < -0.3 is 10.1 Å². The summed E-state index contributed by atoms with van der Waals surface area (Å²) in [5, 5.41) is 7.37. The van der Waals surface area contributed by atoms with E-state index in [2.05, 4.69) is 15.4 Å². The number of hydrogen-bond donors (Lipinski definition) is 1. The Kier molecular flexibility index (Phi) is 3.33. The van der Waals surface area contributed by atoms with Gasteiger partial charge in [0.25, 0.3) is 5.91 Å². The number of hydrogen-bond acceptors (Lipinski definition) is 5. The van der Waals surface area contributed by atoms with Gasteiger partial charge in [-0.05, 0) is 44.6 Å². The lowest BCUT2D eigenvalue weighted by molar-refractivity contribution is -0.160. The van der Waals surface area contributed by atoms with Gasteiger partial charge in [-0.2, -0.15) is 5.10 Å². The van der Waals surface area contributed by atoms with Crippen LogP contribution in [0.5, 0.6) is 0 Å². The first-order valence-corrected chi connectivity index (χ1v) is 8.27. The van der Waals surface area contributed by atoms with E-state index >= 15 is 0 Å². The van der Waals surface area contributed by atoms with Gasteiger partial charge in [-0.3, -0.25) is 9.59 Å². The van der Waals surface area contributed by atoms with Gasteiger partial charge >= 0.3 is 5.97 Å². The second kappa shape index (κ2) is 5.29. The highest BCUT2D eigenvalue weighted by atomic mass is 16.5. The van der Waals surface area contributed by atoms with Gasteiger partial charge in [0.15, 0.2) is 5.65 Å². The summed E-state index contributed by atoms with van der Waals surface area (Å²) in [4.78, 5) is 29.1. The zero-order valence-corrected chi connectivity index (χ0v) is 13.6. The Morgan fingerprint density at radius 3 is 2.58 bits per heavy atom. The SMILES string of the molecule is COC(=O)C12CCC(NC(=O)c3cnn4cccnc34)(CC1)CC2. The van der Waals surface area contributed by atoms with Crippen molar-refractivity contribution in [2.24, 2.45) is 5.41 Å². The summed E-state index contributed by atoms with van der Waals surface area (Å²) in [6.45, 7) is 0. The normalized spacial score (nSPS) is 28.7. The maximum Gasteiger partial charge on any atom is 0.311 e. The van der Waals surface area contributed by atoms with Gasteiger partial charge in [0.05, 0.1) is 18.7 Å². The van der Waals surface area contributed by atoms with E-state index in [-0.39, 0.29) is 22.8 Å². The van der Waals surface area contributed by atoms with E-state index in [9.17, 15) is 9.59 Å². The average molecular weight is 328 g/mol. The zero-order chi connectivity index (χ0) is 16.8. The highest BCUT2D eigenvalue weighted by molar-refractivity contribution is 6.00. The van der Waals surface area contributed by atoms with E-state index in [0.29, 0.717) is 11.2 Å². The third-order valence-corrected chi connectivity index (χ3v) is 5.77. The number of amides is 1. The number of carbonyl (C=O) groups excluding carboxylic acids is 2. The summed E-state index contributed by atoms with van der Waals surface area (Å²) in [6, 6.07) is 1.77. The highest BCUT2D eigenvalue weighted by Crippen LogP contribution is 2.52. The van der Waals surface area contributed by atoms with Gasteiger partial charge in [-0.15, -0.1) is 0 Å². The number of nitrogens with one attached hydrogen (secondary N) is 1. The largest absolute Gasteiger partial charge is 0.469 e. The first-order valence-electron chi connectivity index (χ1n) is 8.27. The van der Waals surface area contributed by atoms with E-state index in [4.69, 9.17) is 4.74 Å². The van der Waals surface area contributed by atoms with E-state index in [0.717, 1.165) is 38.5 Å². The molecule has 3 saturated carbocycles. The minimum Gasteiger partial charge on any atom is -0.469 e. The standard InChI is InChI=1S/C17H20N4O3/c1-24-15(23)16-3-6-17(7-4-16,8-5-16)20-14(22)12-11-19-21-10-2-9-18-13(12)21/h2,9-11H,3-8H2,1H3,(H,20,22). The molecule has 7 heteroatoms. The van der Waals surface area contributed by atoms with Crippen LogP contribution in [0.3, 0.4) is 0 Å². The molecule has 3 fully saturated rings. The van der Waals surface area contributed by atoms with E-state index in [1.807, 2.05) is 0 Å². The predicted molar refractivity (Wildman–Crippen MR) is 85.3 cm³/mol. The number of rotatable bonds is 3. The second-order valence-corrected chi connectivity index (χ2v) is 6.95. The van der Waals surface area contributed by atoms with Crippen LogP contribution in [-0.2, 0) is 9.53 Å². The lowest BCUT2D eigenvalue weighted by Gasteiger charge is -2.51. The maximum atomic E-state index is 12.7. The lowest BCUT2D eigenvalue weighted by atomic mass is 9.57. The molecule has 0 aliphatic heterocycles. The molecular formula is C17H20N4O3. The third kappa shape index (κ3) is 2.18. The molecule has 1 N–H and O–H groups in total. The molecule has 7 nitrogen and oxygen atoms in total. The first kappa shape index (κ1) is 15.1.